The molecule has 84 valence electrons. The van der Waals surface area contributed by atoms with Crippen LogP contribution in [0.15, 0.2) is 23.0 Å². The van der Waals surface area contributed by atoms with Gasteiger partial charge in [-0.2, -0.15) is 16.3 Å². The molecule has 0 aliphatic heterocycles. The first-order valence-corrected chi connectivity index (χ1v) is 6.17. The van der Waals surface area contributed by atoms with Gasteiger partial charge in [-0.3, -0.25) is 0 Å². The molecule has 0 spiro atoms. The first-order valence-electron chi connectivity index (χ1n) is 4.85. The maximum Gasteiger partial charge on any atom is 0.224 e. The molecule has 6 heteroatoms. The number of hydrogen-bond acceptors (Lipinski definition) is 5. The van der Waals surface area contributed by atoms with Crippen molar-refractivity contribution in [3.8, 4) is 0 Å². The number of halogens is 1. The van der Waals surface area contributed by atoms with Crippen LogP contribution in [0.5, 0.6) is 0 Å². The first kappa shape index (κ1) is 11.2. The molecule has 2 N–H and O–H groups in total. The van der Waals surface area contributed by atoms with Crippen LogP contribution in [-0.4, -0.2) is 16.5 Å². The van der Waals surface area contributed by atoms with Crippen LogP contribution < -0.4 is 10.6 Å². The van der Waals surface area contributed by atoms with E-state index in [9.17, 15) is 0 Å². The molecule has 2 aromatic rings. The molecular formula is C10H11ClN4S. The van der Waals surface area contributed by atoms with Gasteiger partial charge in [0.1, 0.15) is 5.02 Å². The second kappa shape index (κ2) is 5.14. The Labute approximate surface area is 103 Å². The fourth-order valence-electron chi connectivity index (χ4n) is 1.17. The zero-order valence-electron chi connectivity index (χ0n) is 8.70. The number of hydrogen-bond donors (Lipinski definition) is 2. The van der Waals surface area contributed by atoms with Gasteiger partial charge in [-0.15, -0.1) is 0 Å². The third-order valence-corrected chi connectivity index (χ3v) is 2.82. The van der Waals surface area contributed by atoms with Crippen LogP contribution in [0, 0.1) is 0 Å². The normalized spacial score (nSPS) is 10.1. The minimum Gasteiger partial charge on any atom is -0.354 e. The van der Waals surface area contributed by atoms with Gasteiger partial charge in [0, 0.05) is 11.9 Å². The van der Waals surface area contributed by atoms with Crippen molar-refractivity contribution in [1.82, 2.24) is 9.97 Å². The van der Waals surface area contributed by atoms with Crippen molar-refractivity contribution in [1.29, 1.82) is 0 Å². The lowest BCUT2D eigenvalue weighted by Crippen LogP contribution is -2.04. The van der Waals surface area contributed by atoms with E-state index in [0.717, 1.165) is 12.2 Å². The van der Waals surface area contributed by atoms with Gasteiger partial charge in [-0.05, 0) is 18.4 Å². The van der Waals surface area contributed by atoms with E-state index < -0.39 is 0 Å². The molecule has 16 heavy (non-hydrogen) atoms. The second-order valence-corrected chi connectivity index (χ2v) is 4.24. The Morgan fingerprint density at radius 1 is 1.50 bits per heavy atom. The highest BCUT2D eigenvalue weighted by molar-refractivity contribution is 7.08. The number of nitrogens with one attached hydrogen (secondary N) is 2. The SMILES string of the molecule is CCNc1ncc(Cl)c(Nc2ccsc2)n1. The molecule has 0 amide bonds. The predicted octanol–water partition coefficient (Wildman–Crippen LogP) is 3.37. The number of aromatic nitrogens is 2. The van der Waals surface area contributed by atoms with Crippen LogP contribution in [0.4, 0.5) is 17.5 Å². The van der Waals surface area contributed by atoms with Gasteiger partial charge in [0.2, 0.25) is 5.95 Å². The maximum atomic E-state index is 6.00. The largest absolute Gasteiger partial charge is 0.354 e. The Bertz CT molecular complexity index is 458. The van der Waals surface area contributed by atoms with Crippen molar-refractivity contribution in [2.45, 2.75) is 6.92 Å². The number of anilines is 3. The summed E-state index contributed by atoms with van der Waals surface area (Å²) in [7, 11) is 0. The van der Waals surface area contributed by atoms with E-state index in [2.05, 4.69) is 20.6 Å². The lowest BCUT2D eigenvalue weighted by molar-refractivity contribution is 1.09. The minimum absolute atomic E-state index is 0.507. The average Bonchev–Trinajstić information content (AvgIpc) is 2.76. The molecule has 2 heterocycles. The third-order valence-electron chi connectivity index (χ3n) is 1.86. The van der Waals surface area contributed by atoms with Gasteiger partial charge in [-0.25, -0.2) is 4.98 Å². The van der Waals surface area contributed by atoms with Crippen molar-refractivity contribution >= 4 is 40.4 Å². The standard InChI is InChI=1S/C10H11ClN4S/c1-2-12-10-13-5-8(11)9(15-10)14-7-3-4-16-6-7/h3-6H,2H2,1H3,(H2,12,13,14,15). The van der Waals surface area contributed by atoms with Gasteiger partial charge < -0.3 is 10.6 Å². The summed E-state index contributed by atoms with van der Waals surface area (Å²) in [5.41, 5.74) is 0.980. The molecule has 0 saturated carbocycles. The van der Waals surface area contributed by atoms with Crippen LogP contribution in [0.25, 0.3) is 0 Å². The van der Waals surface area contributed by atoms with Crippen LogP contribution in [-0.2, 0) is 0 Å². The van der Waals surface area contributed by atoms with E-state index >= 15 is 0 Å². The molecule has 2 aromatic heterocycles. The van der Waals surface area contributed by atoms with E-state index in [-0.39, 0.29) is 0 Å². The molecule has 0 aliphatic carbocycles. The van der Waals surface area contributed by atoms with Gasteiger partial charge in [0.25, 0.3) is 0 Å². The van der Waals surface area contributed by atoms with E-state index in [4.69, 9.17) is 11.6 Å². The summed E-state index contributed by atoms with van der Waals surface area (Å²) in [4.78, 5) is 8.34. The smallest absolute Gasteiger partial charge is 0.224 e. The highest BCUT2D eigenvalue weighted by Crippen LogP contribution is 2.24. The molecule has 0 atom stereocenters. The van der Waals surface area contributed by atoms with Gasteiger partial charge in [0.15, 0.2) is 5.82 Å². The molecule has 4 nitrogen and oxygen atoms in total. The zero-order chi connectivity index (χ0) is 11.4. The molecule has 2 rings (SSSR count). The molecule has 0 bridgehead atoms. The highest BCUT2D eigenvalue weighted by Gasteiger charge is 2.05. The maximum absolute atomic E-state index is 6.00. The summed E-state index contributed by atoms with van der Waals surface area (Å²) in [6, 6.07) is 1.97. The van der Waals surface area contributed by atoms with Crippen LogP contribution in [0.3, 0.4) is 0 Å². The lowest BCUT2D eigenvalue weighted by Gasteiger charge is -2.07. The fourth-order valence-corrected chi connectivity index (χ4v) is 1.90. The second-order valence-electron chi connectivity index (χ2n) is 3.06. The summed E-state index contributed by atoms with van der Waals surface area (Å²) in [6.07, 6.45) is 1.58. The molecule has 0 fully saturated rings. The molecular weight excluding hydrogens is 244 g/mol. The average molecular weight is 255 g/mol. The summed E-state index contributed by atoms with van der Waals surface area (Å²) in [6.45, 7) is 2.77. The Hall–Kier alpha value is -1.33. The zero-order valence-corrected chi connectivity index (χ0v) is 10.3. The Kier molecular flexibility index (Phi) is 3.58. The van der Waals surface area contributed by atoms with Crippen LogP contribution in [0.1, 0.15) is 6.92 Å². The molecule has 0 aliphatic rings. The van der Waals surface area contributed by atoms with Crippen molar-refractivity contribution < 1.29 is 0 Å². The van der Waals surface area contributed by atoms with Crippen LogP contribution >= 0.6 is 22.9 Å². The Morgan fingerprint density at radius 3 is 3.06 bits per heavy atom. The van der Waals surface area contributed by atoms with Gasteiger partial charge in [-0.1, -0.05) is 11.6 Å². The summed E-state index contributed by atoms with van der Waals surface area (Å²) in [5, 5.41) is 10.7. The highest BCUT2D eigenvalue weighted by atomic mass is 35.5. The quantitative estimate of drug-likeness (QED) is 0.878. The summed E-state index contributed by atoms with van der Waals surface area (Å²) < 4.78 is 0. The fraction of sp³-hybridized carbons (Fsp3) is 0.200. The van der Waals surface area contributed by atoms with Crippen molar-refractivity contribution in [3.63, 3.8) is 0 Å². The summed E-state index contributed by atoms with van der Waals surface area (Å²) in [5.74, 6) is 1.19. The van der Waals surface area contributed by atoms with E-state index in [1.165, 1.54) is 0 Å². The predicted molar refractivity (Wildman–Crippen MR) is 68.8 cm³/mol. The Morgan fingerprint density at radius 2 is 2.38 bits per heavy atom. The lowest BCUT2D eigenvalue weighted by atomic mass is 10.5. The van der Waals surface area contributed by atoms with Crippen molar-refractivity contribution in [3.05, 3.63) is 28.0 Å². The first-order chi connectivity index (χ1) is 7.79. The molecule has 0 aromatic carbocycles. The monoisotopic (exact) mass is 254 g/mol. The topological polar surface area (TPSA) is 49.8 Å². The van der Waals surface area contributed by atoms with Crippen molar-refractivity contribution in [2.24, 2.45) is 0 Å². The number of rotatable bonds is 4. The summed E-state index contributed by atoms with van der Waals surface area (Å²) >= 11 is 7.62. The van der Waals surface area contributed by atoms with Gasteiger partial charge >= 0.3 is 0 Å². The Balaban J connectivity index is 2.21. The van der Waals surface area contributed by atoms with E-state index in [0.29, 0.717) is 16.8 Å². The number of thiophene rings is 1. The minimum atomic E-state index is 0.507. The van der Waals surface area contributed by atoms with Crippen molar-refractivity contribution in [2.75, 3.05) is 17.2 Å². The third kappa shape index (κ3) is 2.62. The molecule has 0 radical (unpaired) electrons. The van der Waals surface area contributed by atoms with Gasteiger partial charge in [0.05, 0.1) is 11.9 Å². The van der Waals surface area contributed by atoms with E-state index in [1.54, 1.807) is 17.5 Å². The number of nitrogens with zero attached hydrogens (tertiary/aromatic N) is 2. The van der Waals surface area contributed by atoms with Crippen LogP contribution in [0.2, 0.25) is 5.02 Å². The van der Waals surface area contributed by atoms with E-state index in [1.807, 2.05) is 23.8 Å². The molecule has 0 saturated heterocycles. The molecule has 0 unspecified atom stereocenters.